The van der Waals surface area contributed by atoms with Crippen LogP contribution in [0.15, 0.2) is 235 Å². The van der Waals surface area contributed by atoms with Gasteiger partial charge in [-0.3, -0.25) is 0 Å². The van der Waals surface area contributed by atoms with E-state index < -0.39 is 0 Å². The molecule has 2 heterocycles. The number of aromatic nitrogens is 1. The van der Waals surface area contributed by atoms with Crippen molar-refractivity contribution in [2.24, 2.45) is 0 Å². The van der Waals surface area contributed by atoms with Crippen molar-refractivity contribution in [1.82, 2.24) is 4.57 Å². The second-order valence-electron chi connectivity index (χ2n) is 15.6. The van der Waals surface area contributed by atoms with Gasteiger partial charge in [-0.05, 0) is 93.7 Å². The van der Waals surface area contributed by atoms with Crippen molar-refractivity contribution in [2.45, 2.75) is 0 Å². The van der Waals surface area contributed by atoms with E-state index in [0.29, 0.717) is 0 Å². The second kappa shape index (κ2) is 14.3. The number of benzene rings is 10. The number of nitrogens with zero attached hydrogens (tertiary/aromatic N) is 2. The summed E-state index contributed by atoms with van der Waals surface area (Å²) in [6, 6.07) is 82.9. The number of anilines is 3. The molecule has 3 heteroatoms. The van der Waals surface area contributed by atoms with Crippen LogP contribution in [0, 0.1) is 0 Å². The first-order chi connectivity index (χ1) is 30.3. The molecule has 61 heavy (non-hydrogen) atoms. The van der Waals surface area contributed by atoms with Crippen LogP contribution in [0.4, 0.5) is 17.1 Å². The molecule has 286 valence electrons. The maximum absolute atomic E-state index is 6.28. The maximum atomic E-state index is 6.28. The third kappa shape index (κ3) is 5.74. The largest absolute Gasteiger partial charge is 0.456 e. The van der Waals surface area contributed by atoms with Gasteiger partial charge in [-0.2, -0.15) is 0 Å². The van der Waals surface area contributed by atoms with E-state index >= 15 is 0 Å². The molecule has 3 nitrogen and oxygen atoms in total. The number of rotatable bonds is 7. The first-order valence-electron chi connectivity index (χ1n) is 20.8. The third-order valence-corrected chi connectivity index (χ3v) is 12.2. The Morgan fingerprint density at radius 1 is 0.328 bits per heavy atom. The lowest BCUT2D eigenvalue weighted by Gasteiger charge is -2.28. The fourth-order valence-electron chi connectivity index (χ4n) is 9.47. The van der Waals surface area contributed by atoms with Crippen molar-refractivity contribution in [3.8, 4) is 39.1 Å². The lowest BCUT2D eigenvalue weighted by atomic mass is 9.95. The summed E-state index contributed by atoms with van der Waals surface area (Å²) in [7, 11) is 0. The van der Waals surface area contributed by atoms with Crippen molar-refractivity contribution in [1.29, 1.82) is 0 Å². The molecule has 0 N–H and O–H groups in total. The first-order valence-corrected chi connectivity index (χ1v) is 20.8. The van der Waals surface area contributed by atoms with Crippen molar-refractivity contribution in [2.75, 3.05) is 4.90 Å². The summed E-state index contributed by atoms with van der Waals surface area (Å²) in [5, 5.41) is 7.22. The molecular formula is C58H38N2O. The molecule has 0 fully saturated rings. The second-order valence-corrected chi connectivity index (χ2v) is 15.6. The molecule has 0 amide bonds. The van der Waals surface area contributed by atoms with E-state index in [1.807, 2.05) is 12.1 Å². The fourth-order valence-corrected chi connectivity index (χ4v) is 9.47. The molecule has 0 saturated carbocycles. The van der Waals surface area contributed by atoms with Crippen LogP contribution in [0.1, 0.15) is 0 Å². The van der Waals surface area contributed by atoms with Gasteiger partial charge in [-0.1, -0.05) is 170 Å². The minimum atomic E-state index is 0.897. The predicted octanol–water partition coefficient (Wildman–Crippen LogP) is 16.3. The summed E-state index contributed by atoms with van der Waals surface area (Å²) < 4.78 is 8.69. The topological polar surface area (TPSA) is 21.3 Å². The Morgan fingerprint density at radius 3 is 1.56 bits per heavy atom. The summed E-state index contributed by atoms with van der Waals surface area (Å²) in [6.07, 6.45) is 0. The minimum absolute atomic E-state index is 0.897. The lowest BCUT2D eigenvalue weighted by molar-refractivity contribution is 0.669. The van der Waals surface area contributed by atoms with Gasteiger partial charge in [0.25, 0.3) is 0 Å². The molecule has 12 aromatic rings. The van der Waals surface area contributed by atoms with Gasteiger partial charge < -0.3 is 13.9 Å². The van der Waals surface area contributed by atoms with E-state index in [-0.39, 0.29) is 0 Å². The van der Waals surface area contributed by atoms with Gasteiger partial charge in [-0.25, -0.2) is 0 Å². The average molecular weight is 779 g/mol. The zero-order valence-electron chi connectivity index (χ0n) is 33.2. The average Bonchev–Trinajstić information content (AvgIpc) is 3.88. The van der Waals surface area contributed by atoms with Gasteiger partial charge in [0.05, 0.1) is 22.4 Å². The van der Waals surface area contributed by atoms with Crippen LogP contribution < -0.4 is 4.90 Å². The Morgan fingerprint density at radius 2 is 0.820 bits per heavy atom. The van der Waals surface area contributed by atoms with Crippen LogP contribution in [-0.2, 0) is 0 Å². The van der Waals surface area contributed by atoms with Crippen LogP contribution in [-0.4, -0.2) is 4.57 Å². The van der Waals surface area contributed by atoms with E-state index in [1.54, 1.807) is 0 Å². The number of furan rings is 1. The maximum Gasteiger partial charge on any atom is 0.136 e. The summed E-state index contributed by atoms with van der Waals surface area (Å²) in [5.41, 5.74) is 15.6. The van der Waals surface area contributed by atoms with Crippen LogP contribution >= 0.6 is 0 Å². The number of fused-ring (bicyclic) bond motifs is 7. The molecule has 12 rings (SSSR count). The standard InChI is InChI=1S/C58H38N2O/c1-2-17-44-39(15-1)16-13-24-47(44)48-19-4-9-26-53(48)59(43-37-33-41(34-38-43)46-23-14-30-57-58(46)51-22-7-12-29-56(51)61-57)42-35-31-40(32-36-42)45-18-3-8-25-52(45)60-54-27-10-5-20-49(54)50-21-6-11-28-55(50)60/h1-38H. The fraction of sp³-hybridized carbons (Fsp3) is 0. The molecular weight excluding hydrogens is 741 g/mol. The van der Waals surface area contributed by atoms with Crippen molar-refractivity contribution < 1.29 is 4.42 Å². The molecule has 0 atom stereocenters. The Balaban J connectivity index is 1.01. The van der Waals surface area contributed by atoms with E-state index in [0.717, 1.165) is 61.4 Å². The molecule has 0 spiro atoms. The summed E-state index contributed by atoms with van der Waals surface area (Å²) in [6.45, 7) is 0. The Labute approximate surface area is 353 Å². The summed E-state index contributed by atoms with van der Waals surface area (Å²) in [4.78, 5) is 2.40. The number of hydrogen-bond acceptors (Lipinski definition) is 2. The molecule has 0 radical (unpaired) electrons. The van der Waals surface area contributed by atoms with Gasteiger partial charge in [0.1, 0.15) is 11.2 Å². The molecule has 0 bridgehead atoms. The highest BCUT2D eigenvalue weighted by Gasteiger charge is 2.21. The monoisotopic (exact) mass is 778 g/mol. The molecule has 0 aliphatic carbocycles. The molecule has 10 aromatic carbocycles. The van der Waals surface area contributed by atoms with Crippen LogP contribution in [0.5, 0.6) is 0 Å². The van der Waals surface area contributed by atoms with Crippen LogP contribution in [0.3, 0.4) is 0 Å². The van der Waals surface area contributed by atoms with Gasteiger partial charge in [0.15, 0.2) is 0 Å². The quantitative estimate of drug-likeness (QED) is 0.161. The van der Waals surface area contributed by atoms with Gasteiger partial charge >= 0.3 is 0 Å². The number of hydrogen-bond donors (Lipinski definition) is 0. The van der Waals surface area contributed by atoms with Crippen molar-refractivity contribution in [3.63, 3.8) is 0 Å². The van der Waals surface area contributed by atoms with Crippen LogP contribution in [0.2, 0.25) is 0 Å². The van der Waals surface area contributed by atoms with E-state index in [1.165, 1.54) is 49.3 Å². The summed E-state index contributed by atoms with van der Waals surface area (Å²) in [5.74, 6) is 0. The first kappa shape index (κ1) is 34.9. The highest BCUT2D eigenvalue weighted by atomic mass is 16.3. The Kier molecular flexibility index (Phi) is 8.17. The van der Waals surface area contributed by atoms with Crippen molar-refractivity contribution in [3.05, 3.63) is 231 Å². The van der Waals surface area contributed by atoms with Crippen LogP contribution in [0.25, 0.3) is 93.6 Å². The zero-order valence-corrected chi connectivity index (χ0v) is 33.2. The van der Waals surface area contributed by atoms with E-state index in [4.69, 9.17) is 4.42 Å². The van der Waals surface area contributed by atoms with Gasteiger partial charge in [-0.15, -0.1) is 0 Å². The summed E-state index contributed by atoms with van der Waals surface area (Å²) >= 11 is 0. The van der Waals surface area contributed by atoms with E-state index in [2.05, 4.69) is 228 Å². The third-order valence-electron chi connectivity index (χ3n) is 12.2. The van der Waals surface area contributed by atoms with Gasteiger partial charge in [0, 0.05) is 44.0 Å². The SMILES string of the molecule is c1ccc(N(c2ccc(-c3ccccc3-n3c4ccccc4c4ccccc43)cc2)c2ccc(-c3cccc4oc5ccccc5c34)cc2)c(-c2cccc3ccccc23)c1. The zero-order chi connectivity index (χ0) is 40.3. The Hall–Kier alpha value is -8.14. The molecule has 0 saturated heterocycles. The van der Waals surface area contributed by atoms with Gasteiger partial charge in [0.2, 0.25) is 0 Å². The molecule has 0 unspecified atom stereocenters. The smallest absolute Gasteiger partial charge is 0.136 e. The normalized spacial score (nSPS) is 11.6. The highest BCUT2D eigenvalue weighted by molar-refractivity contribution is 6.13. The minimum Gasteiger partial charge on any atom is -0.456 e. The Bertz CT molecular complexity index is 3530. The number of para-hydroxylation sites is 5. The lowest BCUT2D eigenvalue weighted by Crippen LogP contribution is -2.11. The van der Waals surface area contributed by atoms with E-state index in [9.17, 15) is 0 Å². The van der Waals surface area contributed by atoms with Crippen molar-refractivity contribution >= 4 is 71.6 Å². The molecule has 0 aliphatic heterocycles. The molecule has 0 aliphatic rings. The predicted molar refractivity (Wildman–Crippen MR) is 257 cm³/mol. The molecule has 2 aromatic heterocycles. The highest BCUT2D eigenvalue weighted by Crippen LogP contribution is 2.45.